The summed E-state index contributed by atoms with van der Waals surface area (Å²) in [5.74, 6) is 0. The van der Waals surface area contributed by atoms with Crippen LogP contribution in [-0.4, -0.2) is 20.7 Å². The Kier molecular flexibility index (Phi) is 8.38. The number of rotatable bonds is 8. The summed E-state index contributed by atoms with van der Waals surface area (Å²) in [6, 6.07) is 80.1. The van der Waals surface area contributed by atoms with Gasteiger partial charge in [0.05, 0.1) is 0 Å². The van der Waals surface area contributed by atoms with Gasteiger partial charge in [0, 0.05) is 10.8 Å². The van der Waals surface area contributed by atoms with E-state index in [0.717, 1.165) is 20.2 Å². The summed E-state index contributed by atoms with van der Waals surface area (Å²) in [7, 11) is -7.55. The number of benzene rings is 8. The van der Waals surface area contributed by atoms with E-state index in [1.807, 2.05) is 12.1 Å². The molecule has 9 rings (SSSR count). The molecule has 8 aromatic carbocycles. The van der Waals surface area contributed by atoms with Crippen LogP contribution in [0.3, 0.4) is 0 Å². The Labute approximate surface area is 310 Å². The Balaban J connectivity index is 1.59. The van der Waals surface area contributed by atoms with Gasteiger partial charge in [0.25, 0.3) is 0 Å². The van der Waals surface area contributed by atoms with Crippen LogP contribution in [-0.2, 0) is 0 Å². The highest BCUT2D eigenvalue weighted by molar-refractivity contribution is 7.38. The van der Waals surface area contributed by atoms with Crippen molar-refractivity contribution in [1.29, 1.82) is 0 Å². The topological polar surface area (TPSA) is 23.1 Å². The number of fused-ring (bicyclic) bond motifs is 3. The SMILES string of the molecule is [O-][s+]1c2ccccc2c2cc([Si](c3ccccc3)(c3ccccc3)c3ccccc3)c([Si](c3ccccc3)(c3ccccc3)c3ccccc3)cc21. The molecule has 248 valence electrons. The molecule has 0 N–H and O–H groups in total. The molecule has 1 aromatic heterocycles. The second-order valence-corrected chi connectivity index (χ2v) is 22.3. The molecule has 0 spiro atoms. The van der Waals surface area contributed by atoms with Crippen molar-refractivity contribution in [3.8, 4) is 0 Å². The molecule has 52 heavy (non-hydrogen) atoms. The normalized spacial score (nSPS) is 12.3. The number of thiophene rings is 1. The Morgan fingerprint density at radius 1 is 0.288 bits per heavy atom. The van der Waals surface area contributed by atoms with E-state index in [4.69, 9.17) is 0 Å². The van der Waals surface area contributed by atoms with Crippen LogP contribution in [0.4, 0.5) is 0 Å². The van der Waals surface area contributed by atoms with Crippen LogP contribution in [0.1, 0.15) is 0 Å². The molecule has 1 nitrogen and oxygen atoms in total. The third-order valence-corrected chi connectivity index (χ3v) is 22.1. The molecule has 0 fully saturated rings. The zero-order valence-electron chi connectivity index (χ0n) is 28.6. The fourth-order valence-corrected chi connectivity index (χ4v) is 20.9. The molecule has 0 aliphatic carbocycles. The van der Waals surface area contributed by atoms with Crippen molar-refractivity contribution in [3.05, 3.63) is 218 Å². The lowest BCUT2D eigenvalue weighted by Gasteiger charge is -2.41. The van der Waals surface area contributed by atoms with Gasteiger partial charge >= 0.3 is 0 Å². The number of hydrogen-bond donors (Lipinski definition) is 0. The Bertz CT molecular complexity index is 2420. The highest BCUT2D eigenvalue weighted by Crippen LogP contribution is 2.40. The zero-order valence-corrected chi connectivity index (χ0v) is 31.4. The standard InChI is InChI=1S/C48H36OSSi2/c49-50-45-34-20-19-33-43(45)44-35-47(51(37-21-7-1-8-22-37,38-23-9-2-10-24-38)39-25-11-3-12-26-39)48(36-46(44)50)52(40-27-13-4-14-28-40,41-29-15-5-16-30-41)42-31-17-6-18-32-42/h1-36H. The van der Waals surface area contributed by atoms with Crippen LogP contribution in [0.25, 0.3) is 20.2 Å². The lowest BCUT2D eigenvalue weighted by molar-refractivity contribution is 0.602. The van der Waals surface area contributed by atoms with E-state index in [2.05, 4.69) is 206 Å². The van der Waals surface area contributed by atoms with Crippen molar-refractivity contribution in [1.82, 2.24) is 0 Å². The molecule has 0 saturated carbocycles. The summed E-state index contributed by atoms with van der Waals surface area (Å²) in [5, 5.41) is 12.6. The molecule has 1 heterocycles. The Hall–Kier alpha value is -5.63. The van der Waals surface area contributed by atoms with Crippen molar-refractivity contribution < 1.29 is 4.55 Å². The fraction of sp³-hybridized carbons (Fsp3) is 0. The van der Waals surface area contributed by atoms with E-state index in [1.54, 1.807) is 0 Å². The van der Waals surface area contributed by atoms with Gasteiger partial charge in [-0.1, -0.05) is 194 Å². The van der Waals surface area contributed by atoms with Crippen LogP contribution >= 0.6 is 10.8 Å². The molecular weight excluding hydrogens is 681 g/mol. The predicted molar refractivity (Wildman–Crippen MR) is 227 cm³/mol. The van der Waals surface area contributed by atoms with Crippen molar-refractivity contribution in [2.45, 2.75) is 0 Å². The maximum atomic E-state index is 14.7. The third kappa shape index (κ3) is 4.99. The van der Waals surface area contributed by atoms with Gasteiger partial charge in [-0.3, -0.25) is 0 Å². The van der Waals surface area contributed by atoms with Gasteiger partial charge in [-0.2, -0.15) is 0 Å². The number of hydrogen-bond acceptors (Lipinski definition) is 1. The fourth-order valence-electron chi connectivity index (χ4n) is 8.60. The summed E-state index contributed by atoms with van der Waals surface area (Å²) >= 11 is 0. The van der Waals surface area contributed by atoms with E-state index in [0.29, 0.717) is 0 Å². The average molecular weight is 717 g/mol. The molecule has 0 bridgehead atoms. The van der Waals surface area contributed by atoms with Crippen molar-refractivity contribution in [2.24, 2.45) is 0 Å². The first-order valence-electron chi connectivity index (χ1n) is 17.8. The summed E-state index contributed by atoms with van der Waals surface area (Å²) in [4.78, 5) is 0. The van der Waals surface area contributed by atoms with Gasteiger partial charge in [-0.05, 0) is 76.5 Å². The molecule has 0 aliphatic heterocycles. The maximum Gasteiger partial charge on any atom is 0.180 e. The lowest BCUT2D eigenvalue weighted by atomic mass is 10.1. The van der Waals surface area contributed by atoms with E-state index in [-0.39, 0.29) is 0 Å². The summed E-state index contributed by atoms with van der Waals surface area (Å²) in [5.41, 5.74) is 0. The largest absolute Gasteiger partial charge is 0.590 e. The molecule has 0 aliphatic rings. The second-order valence-electron chi connectivity index (χ2n) is 13.4. The maximum absolute atomic E-state index is 14.7. The highest BCUT2D eigenvalue weighted by atomic mass is 32.2. The van der Waals surface area contributed by atoms with Crippen LogP contribution in [0, 0.1) is 0 Å². The van der Waals surface area contributed by atoms with Crippen LogP contribution in [0.5, 0.6) is 0 Å². The summed E-state index contributed by atoms with van der Waals surface area (Å²) in [6.07, 6.45) is 0. The summed E-state index contributed by atoms with van der Waals surface area (Å²) in [6.45, 7) is 0. The molecule has 0 amide bonds. The van der Waals surface area contributed by atoms with Crippen LogP contribution in [0.15, 0.2) is 218 Å². The monoisotopic (exact) mass is 716 g/mol. The highest BCUT2D eigenvalue weighted by Gasteiger charge is 2.50. The Morgan fingerprint density at radius 3 is 0.923 bits per heavy atom. The van der Waals surface area contributed by atoms with Crippen molar-refractivity contribution in [3.63, 3.8) is 0 Å². The van der Waals surface area contributed by atoms with Gasteiger partial charge in [0.15, 0.2) is 25.5 Å². The first kappa shape index (κ1) is 32.3. The third-order valence-electron chi connectivity index (χ3n) is 10.7. The smallest absolute Gasteiger partial charge is 0.180 e. The quantitative estimate of drug-likeness (QED) is 0.100. The second kappa shape index (κ2) is 13.5. The van der Waals surface area contributed by atoms with E-state index < -0.39 is 26.9 Å². The van der Waals surface area contributed by atoms with Gasteiger partial charge < -0.3 is 4.55 Å². The molecule has 1 atom stereocenters. The summed E-state index contributed by atoms with van der Waals surface area (Å²) < 4.78 is 16.5. The molecule has 4 heteroatoms. The van der Waals surface area contributed by atoms with Crippen LogP contribution < -0.4 is 41.5 Å². The Morgan fingerprint density at radius 2 is 0.577 bits per heavy atom. The molecule has 0 radical (unpaired) electrons. The minimum absolute atomic E-state index is 0.887. The predicted octanol–water partition coefficient (Wildman–Crippen LogP) is 6.48. The van der Waals surface area contributed by atoms with Gasteiger partial charge in [0.1, 0.15) is 0 Å². The first-order valence-corrected chi connectivity index (χ1v) is 22.9. The molecule has 9 aromatic rings. The minimum atomic E-state index is -3.13. The lowest BCUT2D eigenvalue weighted by Crippen LogP contribution is -2.84. The van der Waals surface area contributed by atoms with Gasteiger partial charge in [-0.15, -0.1) is 0 Å². The van der Waals surface area contributed by atoms with Crippen molar-refractivity contribution in [2.75, 3.05) is 0 Å². The van der Waals surface area contributed by atoms with Gasteiger partial charge in [-0.25, -0.2) is 0 Å². The zero-order chi connectivity index (χ0) is 35.0. The van der Waals surface area contributed by atoms with Crippen LogP contribution in [0.2, 0.25) is 0 Å². The first-order chi connectivity index (χ1) is 25.7. The molecular formula is C48H36OSSi2. The van der Waals surface area contributed by atoms with Gasteiger partial charge in [0.2, 0.25) is 0 Å². The molecule has 1 unspecified atom stereocenters. The minimum Gasteiger partial charge on any atom is -0.590 e. The van der Waals surface area contributed by atoms with E-state index in [1.165, 1.54) is 41.5 Å². The van der Waals surface area contributed by atoms with E-state index in [9.17, 15) is 4.55 Å². The molecule has 0 saturated heterocycles. The van der Waals surface area contributed by atoms with E-state index >= 15 is 0 Å². The average Bonchev–Trinajstić information content (AvgIpc) is 3.51. The van der Waals surface area contributed by atoms with Crippen molar-refractivity contribution >= 4 is 88.6 Å².